The number of carboxylic acid groups (broad SMARTS) is 2. The minimum atomic E-state index is -1.05. The standard InChI is InChI=1S/C7H12O4.C4H11N.Pt/c1-2-3-5(7(10)11)4-6(8)9;1-3-5-4-2;/h5H,2-4H2,1H3,(H,8,9)(H,10,11);5H,3-4H2,1-2H3;. The molecule has 0 aliphatic carbocycles. The van der Waals surface area contributed by atoms with Gasteiger partial charge in [0, 0.05) is 21.1 Å². The van der Waals surface area contributed by atoms with Crippen molar-refractivity contribution in [2.24, 2.45) is 5.92 Å². The normalized spacial score (nSPS) is 10.5. The van der Waals surface area contributed by atoms with Gasteiger partial charge in [0.25, 0.3) is 0 Å². The second kappa shape index (κ2) is 15.6. The van der Waals surface area contributed by atoms with Crippen LogP contribution in [0.3, 0.4) is 0 Å². The summed E-state index contributed by atoms with van der Waals surface area (Å²) in [7, 11) is 0. The van der Waals surface area contributed by atoms with Crippen LogP contribution in [0, 0.1) is 5.92 Å². The van der Waals surface area contributed by atoms with E-state index < -0.39 is 17.9 Å². The zero-order valence-electron chi connectivity index (χ0n) is 10.6. The second-order valence-corrected chi connectivity index (χ2v) is 3.38. The monoisotopic (exact) mass is 428 g/mol. The molecule has 0 saturated carbocycles. The van der Waals surface area contributed by atoms with E-state index in [0.29, 0.717) is 12.8 Å². The van der Waals surface area contributed by atoms with Crippen LogP contribution in [-0.2, 0) is 30.7 Å². The molecule has 0 radical (unpaired) electrons. The molecule has 0 aliphatic rings. The van der Waals surface area contributed by atoms with Crippen molar-refractivity contribution in [2.45, 2.75) is 40.0 Å². The molecule has 106 valence electrons. The molecule has 0 amide bonds. The van der Waals surface area contributed by atoms with E-state index in [1.807, 2.05) is 6.92 Å². The molecule has 0 aromatic rings. The van der Waals surface area contributed by atoms with E-state index in [0.717, 1.165) is 13.1 Å². The molecule has 0 aromatic carbocycles. The van der Waals surface area contributed by atoms with Crippen LogP contribution >= 0.6 is 0 Å². The first-order chi connectivity index (χ1) is 7.49. The Balaban J connectivity index is -0.000000280. The van der Waals surface area contributed by atoms with Gasteiger partial charge in [-0.05, 0) is 19.5 Å². The second-order valence-electron chi connectivity index (χ2n) is 3.38. The average Bonchev–Trinajstić information content (AvgIpc) is 2.18. The Bertz CT molecular complexity index is 198. The van der Waals surface area contributed by atoms with Gasteiger partial charge in [0.05, 0.1) is 12.3 Å². The smallest absolute Gasteiger partial charge is 0.307 e. The van der Waals surface area contributed by atoms with Crippen molar-refractivity contribution < 1.29 is 40.9 Å². The van der Waals surface area contributed by atoms with Crippen LogP contribution in [0.4, 0.5) is 0 Å². The minimum Gasteiger partial charge on any atom is -0.481 e. The molecule has 0 bridgehead atoms. The Labute approximate surface area is 117 Å². The van der Waals surface area contributed by atoms with Gasteiger partial charge in [-0.3, -0.25) is 9.59 Å². The van der Waals surface area contributed by atoms with Gasteiger partial charge in [0.15, 0.2) is 0 Å². The Morgan fingerprint density at radius 3 is 1.76 bits per heavy atom. The van der Waals surface area contributed by atoms with Crippen molar-refractivity contribution in [1.82, 2.24) is 5.32 Å². The SMILES string of the molecule is CCCC(CC(=O)O)C(=O)O.CCNCC.[Pt]. The van der Waals surface area contributed by atoms with E-state index >= 15 is 0 Å². The summed E-state index contributed by atoms with van der Waals surface area (Å²) in [5, 5.41) is 19.9. The van der Waals surface area contributed by atoms with Gasteiger partial charge in [0.2, 0.25) is 0 Å². The summed E-state index contributed by atoms with van der Waals surface area (Å²) in [5.74, 6) is -2.79. The third kappa shape index (κ3) is 18.2. The van der Waals surface area contributed by atoms with Crippen molar-refractivity contribution in [1.29, 1.82) is 0 Å². The van der Waals surface area contributed by atoms with E-state index in [1.54, 1.807) is 0 Å². The van der Waals surface area contributed by atoms with E-state index in [1.165, 1.54) is 0 Å². The molecule has 1 unspecified atom stereocenters. The molecule has 0 aliphatic heterocycles. The number of carbonyl (C=O) groups is 2. The fraction of sp³-hybridized carbons (Fsp3) is 0.818. The van der Waals surface area contributed by atoms with Crippen LogP contribution in [0.1, 0.15) is 40.0 Å². The number of nitrogens with one attached hydrogen (secondary N) is 1. The topological polar surface area (TPSA) is 86.6 Å². The Kier molecular flexibility index (Phi) is 20.0. The van der Waals surface area contributed by atoms with Gasteiger partial charge in [-0.1, -0.05) is 27.2 Å². The summed E-state index contributed by atoms with van der Waals surface area (Å²) in [4.78, 5) is 20.5. The minimum absolute atomic E-state index is 0. The number of hydrogen-bond acceptors (Lipinski definition) is 3. The van der Waals surface area contributed by atoms with Crippen molar-refractivity contribution in [3.05, 3.63) is 0 Å². The molecule has 0 aromatic heterocycles. The third-order valence-corrected chi connectivity index (χ3v) is 1.91. The third-order valence-electron chi connectivity index (χ3n) is 1.91. The van der Waals surface area contributed by atoms with Crippen LogP contribution in [-0.4, -0.2) is 35.2 Å². The van der Waals surface area contributed by atoms with Crippen LogP contribution in [0.15, 0.2) is 0 Å². The molecule has 0 spiro atoms. The summed E-state index contributed by atoms with van der Waals surface area (Å²) in [6, 6.07) is 0. The predicted molar refractivity (Wildman–Crippen MR) is 62.5 cm³/mol. The zero-order chi connectivity index (χ0) is 13.0. The average molecular weight is 428 g/mol. The zero-order valence-corrected chi connectivity index (χ0v) is 12.9. The molecule has 6 heteroatoms. The maximum atomic E-state index is 10.4. The Hall–Kier alpha value is -0.412. The number of hydrogen-bond donors (Lipinski definition) is 3. The molecule has 0 heterocycles. The molecule has 5 nitrogen and oxygen atoms in total. The number of rotatable bonds is 7. The summed E-state index contributed by atoms with van der Waals surface area (Å²) >= 11 is 0. The van der Waals surface area contributed by atoms with Gasteiger partial charge in [-0.15, -0.1) is 0 Å². The van der Waals surface area contributed by atoms with Crippen LogP contribution in [0.25, 0.3) is 0 Å². The quantitative estimate of drug-likeness (QED) is 0.573. The van der Waals surface area contributed by atoms with Gasteiger partial charge in [0.1, 0.15) is 0 Å². The van der Waals surface area contributed by atoms with Crippen LogP contribution in [0.5, 0.6) is 0 Å². The van der Waals surface area contributed by atoms with E-state index in [-0.39, 0.29) is 27.5 Å². The van der Waals surface area contributed by atoms with Gasteiger partial charge >= 0.3 is 11.9 Å². The Morgan fingerprint density at radius 1 is 1.12 bits per heavy atom. The van der Waals surface area contributed by atoms with Crippen molar-refractivity contribution in [3.63, 3.8) is 0 Å². The first-order valence-electron chi connectivity index (χ1n) is 5.64. The summed E-state index contributed by atoms with van der Waals surface area (Å²) in [6.07, 6.45) is 0.856. The molecule has 3 N–H and O–H groups in total. The van der Waals surface area contributed by atoms with Crippen molar-refractivity contribution in [2.75, 3.05) is 13.1 Å². The van der Waals surface area contributed by atoms with E-state index in [2.05, 4.69) is 19.2 Å². The summed E-state index contributed by atoms with van der Waals surface area (Å²) in [5.41, 5.74) is 0. The van der Waals surface area contributed by atoms with Crippen molar-refractivity contribution >= 4 is 11.9 Å². The molecule has 0 saturated heterocycles. The van der Waals surface area contributed by atoms with E-state index in [4.69, 9.17) is 10.2 Å². The first kappa shape index (κ1) is 21.8. The maximum Gasteiger partial charge on any atom is 0.307 e. The largest absolute Gasteiger partial charge is 0.481 e. The van der Waals surface area contributed by atoms with Gasteiger partial charge in [-0.2, -0.15) is 0 Å². The molecule has 1 atom stereocenters. The fourth-order valence-electron chi connectivity index (χ4n) is 1.12. The van der Waals surface area contributed by atoms with Gasteiger partial charge in [-0.25, -0.2) is 0 Å². The van der Waals surface area contributed by atoms with Crippen LogP contribution < -0.4 is 5.32 Å². The first-order valence-corrected chi connectivity index (χ1v) is 5.64. The van der Waals surface area contributed by atoms with Crippen LogP contribution in [0.2, 0.25) is 0 Å². The fourth-order valence-corrected chi connectivity index (χ4v) is 1.12. The van der Waals surface area contributed by atoms with E-state index in [9.17, 15) is 9.59 Å². The predicted octanol–water partition coefficient (Wildman–Crippen LogP) is 1.58. The Morgan fingerprint density at radius 2 is 1.59 bits per heavy atom. The van der Waals surface area contributed by atoms with Crippen molar-refractivity contribution in [3.8, 4) is 0 Å². The molecule has 0 fully saturated rings. The maximum absolute atomic E-state index is 10.4. The number of aliphatic carboxylic acids is 2. The molecular weight excluding hydrogens is 405 g/mol. The molecule has 0 rings (SSSR count). The molecular formula is C11H23NO4Pt. The summed E-state index contributed by atoms with van der Waals surface area (Å²) in [6.45, 7) is 8.22. The van der Waals surface area contributed by atoms with Gasteiger partial charge < -0.3 is 15.5 Å². The summed E-state index contributed by atoms with van der Waals surface area (Å²) < 4.78 is 0. The number of carboxylic acids is 2. The molecule has 17 heavy (non-hydrogen) atoms.